The highest BCUT2D eigenvalue weighted by atomic mass is 35.5. The summed E-state index contributed by atoms with van der Waals surface area (Å²) in [4.78, 5) is 27.2. The quantitative estimate of drug-likeness (QED) is 0.514. The number of aromatic amines is 1. The van der Waals surface area contributed by atoms with E-state index in [0.717, 1.165) is 17.5 Å². The van der Waals surface area contributed by atoms with Crippen LogP contribution in [0, 0.1) is 0 Å². The number of halogens is 1. The van der Waals surface area contributed by atoms with E-state index in [1.54, 1.807) is 0 Å². The Bertz CT molecular complexity index is 1180. The molecule has 0 spiro atoms. The summed E-state index contributed by atoms with van der Waals surface area (Å²) in [5.74, 6) is 1.81. The predicted molar refractivity (Wildman–Crippen MR) is 110 cm³/mol. The van der Waals surface area contributed by atoms with Crippen LogP contribution in [0.2, 0.25) is 5.02 Å². The smallest absolute Gasteiger partial charge is 0.260 e. The van der Waals surface area contributed by atoms with Gasteiger partial charge in [-0.25, -0.2) is 4.98 Å². The SMILES string of the molecule is CCc1noc(CN(C)Cc2nc3scc(-c4ccccc4Cl)c3c(=O)[nH]2)n1. The van der Waals surface area contributed by atoms with E-state index >= 15 is 0 Å². The number of H-pyrrole nitrogens is 1. The molecule has 0 unspecified atom stereocenters. The average molecular weight is 416 g/mol. The van der Waals surface area contributed by atoms with Crippen molar-refractivity contribution in [2.75, 3.05) is 7.05 Å². The highest BCUT2D eigenvalue weighted by molar-refractivity contribution is 7.17. The number of nitrogens with zero attached hydrogens (tertiary/aromatic N) is 4. The monoisotopic (exact) mass is 415 g/mol. The molecule has 0 saturated carbocycles. The lowest BCUT2D eigenvalue weighted by Crippen LogP contribution is -2.21. The molecule has 1 N–H and O–H groups in total. The maximum atomic E-state index is 12.8. The first kappa shape index (κ1) is 18.8. The van der Waals surface area contributed by atoms with Gasteiger partial charge in [0.05, 0.1) is 18.5 Å². The Hall–Kier alpha value is -2.55. The summed E-state index contributed by atoms with van der Waals surface area (Å²) in [6.45, 7) is 2.90. The Morgan fingerprint density at radius 3 is 2.79 bits per heavy atom. The molecule has 0 aliphatic carbocycles. The summed E-state index contributed by atoms with van der Waals surface area (Å²) in [7, 11) is 1.91. The third-order valence-electron chi connectivity index (χ3n) is 4.31. The van der Waals surface area contributed by atoms with Crippen molar-refractivity contribution in [3.63, 3.8) is 0 Å². The van der Waals surface area contributed by atoms with Gasteiger partial charge in [0.25, 0.3) is 5.56 Å². The largest absolute Gasteiger partial charge is 0.338 e. The van der Waals surface area contributed by atoms with Gasteiger partial charge in [-0.05, 0) is 13.1 Å². The van der Waals surface area contributed by atoms with E-state index in [0.29, 0.717) is 45.9 Å². The first-order valence-corrected chi connectivity index (χ1v) is 10.1. The zero-order valence-corrected chi connectivity index (χ0v) is 17.0. The van der Waals surface area contributed by atoms with Gasteiger partial charge in [0.1, 0.15) is 10.7 Å². The number of hydrogen-bond donors (Lipinski definition) is 1. The predicted octanol–water partition coefficient (Wildman–Crippen LogP) is 3.88. The maximum absolute atomic E-state index is 12.8. The molecule has 0 aliphatic rings. The van der Waals surface area contributed by atoms with Crippen LogP contribution in [-0.4, -0.2) is 32.1 Å². The van der Waals surface area contributed by atoms with Crippen LogP contribution in [-0.2, 0) is 19.5 Å². The van der Waals surface area contributed by atoms with E-state index in [1.165, 1.54) is 11.3 Å². The second kappa shape index (κ2) is 7.83. The van der Waals surface area contributed by atoms with Gasteiger partial charge >= 0.3 is 0 Å². The minimum Gasteiger partial charge on any atom is -0.338 e. The van der Waals surface area contributed by atoms with Crippen LogP contribution in [0.1, 0.15) is 24.5 Å². The summed E-state index contributed by atoms with van der Waals surface area (Å²) in [5.41, 5.74) is 1.46. The fourth-order valence-electron chi connectivity index (χ4n) is 2.99. The lowest BCUT2D eigenvalue weighted by Gasteiger charge is -2.13. The minimum atomic E-state index is -0.171. The number of aryl methyl sites for hydroxylation is 1. The van der Waals surface area contributed by atoms with Gasteiger partial charge in [-0.1, -0.05) is 41.9 Å². The molecule has 0 bridgehead atoms. The molecule has 4 aromatic rings. The van der Waals surface area contributed by atoms with Crippen LogP contribution < -0.4 is 5.56 Å². The van der Waals surface area contributed by atoms with Gasteiger partial charge in [0.15, 0.2) is 5.82 Å². The molecule has 0 amide bonds. The number of nitrogens with one attached hydrogen (secondary N) is 1. The van der Waals surface area contributed by atoms with Crippen molar-refractivity contribution >= 4 is 33.2 Å². The van der Waals surface area contributed by atoms with Crippen molar-refractivity contribution in [2.45, 2.75) is 26.4 Å². The Balaban J connectivity index is 1.60. The molecule has 28 heavy (non-hydrogen) atoms. The van der Waals surface area contributed by atoms with Crippen LogP contribution in [0.15, 0.2) is 39.0 Å². The molecular weight excluding hydrogens is 398 g/mol. The standard InChI is InChI=1S/C19H18ClN5O2S/c1-3-14-21-16(27-24-14)9-25(2)8-15-22-18(26)17-12(10-28-19(17)23-15)11-6-4-5-7-13(11)20/h4-7,10H,3,8-9H2,1-2H3,(H,22,23,26). The summed E-state index contributed by atoms with van der Waals surface area (Å²) in [6.07, 6.45) is 0.727. The topological polar surface area (TPSA) is 87.9 Å². The Kier molecular flexibility index (Phi) is 5.25. The molecule has 3 aromatic heterocycles. The van der Waals surface area contributed by atoms with Gasteiger partial charge < -0.3 is 9.51 Å². The third-order valence-corrected chi connectivity index (χ3v) is 5.51. The highest BCUT2D eigenvalue weighted by Crippen LogP contribution is 2.34. The Morgan fingerprint density at radius 1 is 1.21 bits per heavy atom. The first-order chi connectivity index (χ1) is 13.5. The van der Waals surface area contributed by atoms with Gasteiger partial charge in [-0.2, -0.15) is 4.98 Å². The molecule has 144 valence electrons. The van der Waals surface area contributed by atoms with Crippen molar-refractivity contribution in [2.24, 2.45) is 0 Å². The Labute approximate surface area is 170 Å². The van der Waals surface area contributed by atoms with Gasteiger partial charge in [0, 0.05) is 28.0 Å². The normalized spacial score (nSPS) is 11.6. The second-order valence-electron chi connectivity index (χ2n) is 6.45. The summed E-state index contributed by atoms with van der Waals surface area (Å²) < 4.78 is 5.22. The number of thiophene rings is 1. The zero-order chi connectivity index (χ0) is 19.7. The molecule has 3 heterocycles. The van der Waals surface area contributed by atoms with E-state index in [2.05, 4.69) is 20.1 Å². The van der Waals surface area contributed by atoms with Crippen molar-refractivity contribution in [3.05, 3.63) is 62.6 Å². The molecule has 4 rings (SSSR count). The molecule has 7 nitrogen and oxygen atoms in total. The highest BCUT2D eigenvalue weighted by Gasteiger charge is 2.16. The van der Waals surface area contributed by atoms with Crippen molar-refractivity contribution in [1.82, 2.24) is 25.0 Å². The first-order valence-electron chi connectivity index (χ1n) is 8.80. The summed E-state index contributed by atoms with van der Waals surface area (Å²) in [5, 5.41) is 6.99. The molecular formula is C19H18ClN5O2S. The molecule has 0 radical (unpaired) electrons. The van der Waals surface area contributed by atoms with Gasteiger partial charge in [-0.15, -0.1) is 11.3 Å². The number of aromatic nitrogens is 4. The second-order valence-corrected chi connectivity index (χ2v) is 7.72. The van der Waals surface area contributed by atoms with Crippen LogP contribution in [0.5, 0.6) is 0 Å². The van der Waals surface area contributed by atoms with Crippen molar-refractivity contribution in [1.29, 1.82) is 0 Å². The van der Waals surface area contributed by atoms with Gasteiger partial charge in [-0.3, -0.25) is 9.69 Å². The maximum Gasteiger partial charge on any atom is 0.260 e. The van der Waals surface area contributed by atoms with E-state index in [1.807, 2.05) is 48.5 Å². The summed E-state index contributed by atoms with van der Waals surface area (Å²) >= 11 is 7.74. The molecule has 9 heteroatoms. The van der Waals surface area contributed by atoms with Crippen LogP contribution in [0.25, 0.3) is 21.3 Å². The van der Waals surface area contributed by atoms with Crippen LogP contribution >= 0.6 is 22.9 Å². The lowest BCUT2D eigenvalue weighted by molar-refractivity contribution is 0.255. The summed E-state index contributed by atoms with van der Waals surface area (Å²) in [6, 6.07) is 7.48. The average Bonchev–Trinajstić information content (AvgIpc) is 3.29. The van der Waals surface area contributed by atoms with Crippen molar-refractivity contribution < 1.29 is 4.52 Å². The molecule has 0 saturated heterocycles. The lowest BCUT2D eigenvalue weighted by atomic mass is 10.1. The third kappa shape index (κ3) is 3.71. The van der Waals surface area contributed by atoms with Crippen molar-refractivity contribution in [3.8, 4) is 11.1 Å². The van der Waals surface area contributed by atoms with Crippen LogP contribution in [0.4, 0.5) is 0 Å². The fraction of sp³-hybridized carbons (Fsp3) is 0.263. The van der Waals surface area contributed by atoms with E-state index < -0.39 is 0 Å². The number of hydrogen-bond acceptors (Lipinski definition) is 7. The minimum absolute atomic E-state index is 0.171. The molecule has 0 atom stereocenters. The van der Waals surface area contributed by atoms with E-state index in [4.69, 9.17) is 16.1 Å². The Morgan fingerprint density at radius 2 is 2.04 bits per heavy atom. The molecule has 0 fully saturated rings. The number of rotatable bonds is 6. The van der Waals surface area contributed by atoms with Gasteiger partial charge in [0.2, 0.25) is 5.89 Å². The fourth-order valence-corrected chi connectivity index (χ4v) is 4.18. The van der Waals surface area contributed by atoms with Crippen LogP contribution in [0.3, 0.4) is 0 Å². The number of benzene rings is 1. The zero-order valence-electron chi connectivity index (χ0n) is 15.4. The number of fused-ring (bicyclic) bond motifs is 1. The van der Waals surface area contributed by atoms with E-state index in [-0.39, 0.29) is 5.56 Å². The molecule has 1 aromatic carbocycles. The van der Waals surface area contributed by atoms with E-state index in [9.17, 15) is 4.79 Å². The molecule has 0 aliphatic heterocycles.